The maximum Gasteiger partial charge on any atom is 0.337 e. The molecule has 6 nitrogen and oxygen atoms in total. The van der Waals surface area contributed by atoms with E-state index in [4.69, 9.17) is 0 Å². The van der Waals surface area contributed by atoms with E-state index in [1.165, 1.54) is 13.3 Å². The van der Waals surface area contributed by atoms with Crippen LogP contribution in [0.2, 0.25) is 0 Å². The first-order valence-electron chi connectivity index (χ1n) is 8.77. The van der Waals surface area contributed by atoms with Gasteiger partial charge in [0.2, 0.25) is 0 Å². The number of nitrogens with one attached hydrogen (secondary N) is 1. The minimum Gasteiger partial charge on any atom is -0.465 e. The largest absolute Gasteiger partial charge is 0.465 e. The van der Waals surface area contributed by atoms with E-state index in [0.717, 1.165) is 22.6 Å². The van der Waals surface area contributed by atoms with Crippen molar-refractivity contribution in [3.8, 4) is 5.69 Å². The number of aromatic nitrogens is 1. The van der Waals surface area contributed by atoms with Gasteiger partial charge < -0.3 is 9.30 Å². The standard InChI is InChI=1S/C22H21N3O3/c1-15-4-5-16(2)25(15)20-12-10-18(11-13-20)21(26)24-23-14-17-6-8-19(9-7-17)22(27)28-3/h4-14H,1-3H3,(H,24,26). The van der Waals surface area contributed by atoms with Crippen molar-refractivity contribution in [2.24, 2.45) is 5.10 Å². The molecule has 2 aromatic carbocycles. The van der Waals surface area contributed by atoms with E-state index < -0.39 is 5.97 Å². The number of hydrazone groups is 1. The predicted molar refractivity (Wildman–Crippen MR) is 108 cm³/mol. The van der Waals surface area contributed by atoms with Crippen LogP contribution < -0.4 is 5.43 Å². The quantitative estimate of drug-likeness (QED) is 0.420. The Bertz CT molecular complexity index is 997. The van der Waals surface area contributed by atoms with Crippen LogP contribution in [0.25, 0.3) is 5.69 Å². The van der Waals surface area contributed by atoms with Crippen molar-refractivity contribution in [1.29, 1.82) is 0 Å². The summed E-state index contributed by atoms with van der Waals surface area (Å²) in [6, 6.07) is 18.2. The van der Waals surface area contributed by atoms with Crippen molar-refractivity contribution in [1.82, 2.24) is 9.99 Å². The maximum atomic E-state index is 12.3. The zero-order valence-electron chi connectivity index (χ0n) is 16.0. The molecule has 1 aromatic heterocycles. The van der Waals surface area contributed by atoms with Gasteiger partial charge in [-0.3, -0.25) is 4.79 Å². The first-order valence-corrected chi connectivity index (χ1v) is 8.77. The number of hydrogen-bond donors (Lipinski definition) is 1. The third kappa shape index (κ3) is 4.17. The number of esters is 1. The van der Waals surface area contributed by atoms with Crippen molar-refractivity contribution >= 4 is 18.1 Å². The van der Waals surface area contributed by atoms with Crippen LogP contribution in [-0.4, -0.2) is 29.8 Å². The number of hydrogen-bond acceptors (Lipinski definition) is 4. The lowest BCUT2D eigenvalue weighted by atomic mass is 10.1. The normalized spacial score (nSPS) is 10.8. The van der Waals surface area contributed by atoms with Gasteiger partial charge in [0.15, 0.2) is 0 Å². The number of nitrogens with zero attached hydrogens (tertiary/aromatic N) is 2. The van der Waals surface area contributed by atoms with Crippen molar-refractivity contribution in [3.05, 3.63) is 88.7 Å². The van der Waals surface area contributed by atoms with Crippen LogP contribution in [0.4, 0.5) is 0 Å². The first-order chi connectivity index (χ1) is 13.5. The Morgan fingerprint density at radius 3 is 2.04 bits per heavy atom. The average Bonchev–Trinajstić information content (AvgIpc) is 3.06. The van der Waals surface area contributed by atoms with Gasteiger partial charge in [0, 0.05) is 22.6 Å². The molecule has 1 heterocycles. The number of benzene rings is 2. The van der Waals surface area contributed by atoms with Crippen LogP contribution in [0.3, 0.4) is 0 Å². The zero-order chi connectivity index (χ0) is 20.1. The minimum absolute atomic E-state index is 0.296. The Morgan fingerprint density at radius 1 is 0.893 bits per heavy atom. The van der Waals surface area contributed by atoms with E-state index in [0.29, 0.717) is 11.1 Å². The van der Waals surface area contributed by atoms with E-state index in [1.807, 2.05) is 26.0 Å². The molecule has 1 amide bonds. The highest BCUT2D eigenvalue weighted by Gasteiger charge is 2.07. The van der Waals surface area contributed by atoms with Crippen LogP contribution in [0.5, 0.6) is 0 Å². The molecule has 0 aliphatic rings. The van der Waals surface area contributed by atoms with Crippen LogP contribution in [-0.2, 0) is 4.74 Å². The second-order valence-corrected chi connectivity index (χ2v) is 6.31. The molecule has 0 saturated carbocycles. The molecular formula is C22H21N3O3. The molecule has 0 fully saturated rings. The van der Waals surface area contributed by atoms with Gasteiger partial charge in [-0.2, -0.15) is 5.10 Å². The Labute approximate surface area is 163 Å². The van der Waals surface area contributed by atoms with E-state index in [-0.39, 0.29) is 5.91 Å². The van der Waals surface area contributed by atoms with E-state index in [2.05, 4.69) is 32.0 Å². The Hall–Kier alpha value is -3.67. The van der Waals surface area contributed by atoms with Gasteiger partial charge in [-0.15, -0.1) is 0 Å². The van der Waals surface area contributed by atoms with Crippen LogP contribution in [0.1, 0.15) is 37.7 Å². The number of carbonyl (C=O) groups is 2. The molecule has 0 aliphatic heterocycles. The molecule has 0 aliphatic carbocycles. The number of carbonyl (C=O) groups excluding carboxylic acids is 2. The van der Waals surface area contributed by atoms with Gasteiger partial charge in [-0.25, -0.2) is 10.2 Å². The number of aryl methyl sites for hydroxylation is 2. The third-order valence-electron chi connectivity index (χ3n) is 4.37. The topological polar surface area (TPSA) is 72.7 Å². The van der Waals surface area contributed by atoms with Crippen molar-refractivity contribution in [2.45, 2.75) is 13.8 Å². The highest BCUT2D eigenvalue weighted by Crippen LogP contribution is 2.16. The second-order valence-electron chi connectivity index (χ2n) is 6.31. The number of ether oxygens (including phenoxy) is 1. The predicted octanol–water partition coefficient (Wildman–Crippen LogP) is 3.64. The van der Waals surface area contributed by atoms with Crippen LogP contribution in [0.15, 0.2) is 65.8 Å². The fraction of sp³-hybridized carbons (Fsp3) is 0.136. The maximum absolute atomic E-state index is 12.3. The smallest absolute Gasteiger partial charge is 0.337 e. The molecule has 1 N–H and O–H groups in total. The first kappa shape index (κ1) is 19.1. The van der Waals surface area contributed by atoms with E-state index >= 15 is 0 Å². The summed E-state index contributed by atoms with van der Waals surface area (Å²) in [5.41, 5.74) is 7.51. The molecule has 0 bridgehead atoms. The van der Waals surface area contributed by atoms with Gasteiger partial charge >= 0.3 is 5.97 Å². The Balaban J connectivity index is 1.63. The highest BCUT2D eigenvalue weighted by molar-refractivity contribution is 5.95. The van der Waals surface area contributed by atoms with Gasteiger partial charge in [-0.05, 0) is 67.9 Å². The highest BCUT2D eigenvalue weighted by atomic mass is 16.5. The SMILES string of the molecule is COC(=O)c1ccc(C=NNC(=O)c2ccc(-n3c(C)ccc3C)cc2)cc1. The summed E-state index contributed by atoms with van der Waals surface area (Å²) in [4.78, 5) is 23.7. The van der Waals surface area contributed by atoms with Crippen molar-refractivity contribution < 1.29 is 14.3 Å². The lowest BCUT2D eigenvalue weighted by molar-refractivity contribution is 0.0600. The zero-order valence-corrected chi connectivity index (χ0v) is 16.0. The molecule has 0 unspecified atom stereocenters. The summed E-state index contributed by atoms with van der Waals surface area (Å²) in [6.07, 6.45) is 1.51. The lowest BCUT2D eigenvalue weighted by Crippen LogP contribution is -2.17. The van der Waals surface area contributed by atoms with Gasteiger partial charge in [0.05, 0.1) is 18.9 Å². The molecule has 0 saturated heterocycles. The molecule has 142 valence electrons. The van der Waals surface area contributed by atoms with Crippen molar-refractivity contribution in [3.63, 3.8) is 0 Å². The van der Waals surface area contributed by atoms with E-state index in [9.17, 15) is 9.59 Å². The summed E-state index contributed by atoms with van der Waals surface area (Å²) < 4.78 is 6.77. The van der Waals surface area contributed by atoms with Gasteiger partial charge in [0.25, 0.3) is 5.91 Å². The average molecular weight is 375 g/mol. The number of methoxy groups -OCH3 is 1. The minimum atomic E-state index is -0.398. The monoisotopic (exact) mass is 375 g/mol. The fourth-order valence-electron chi connectivity index (χ4n) is 2.89. The Morgan fingerprint density at radius 2 is 1.46 bits per heavy atom. The second kappa shape index (κ2) is 8.35. The van der Waals surface area contributed by atoms with Crippen LogP contribution in [0, 0.1) is 13.8 Å². The van der Waals surface area contributed by atoms with Gasteiger partial charge in [0.1, 0.15) is 0 Å². The van der Waals surface area contributed by atoms with Gasteiger partial charge in [-0.1, -0.05) is 12.1 Å². The molecule has 6 heteroatoms. The van der Waals surface area contributed by atoms with E-state index in [1.54, 1.807) is 36.4 Å². The fourth-order valence-corrected chi connectivity index (χ4v) is 2.89. The third-order valence-corrected chi connectivity index (χ3v) is 4.37. The Kier molecular flexibility index (Phi) is 5.69. The summed E-state index contributed by atoms with van der Waals surface area (Å²) >= 11 is 0. The molecule has 0 atom stereocenters. The van der Waals surface area contributed by atoms with Crippen LogP contribution >= 0.6 is 0 Å². The molecule has 28 heavy (non-hydrogen) atoms. The summed E-state index contributed by atoms with van der Waals surface area (Å²) in [6.45, 7) is 4.08. The molecule has 0 radical (unpaired) electrons. The lowest BCUT2D eigenvalue weighted by Gasteiger charge is -2.10. The number of rotatable bonds is 5. The molecule has 3 rings (SSSR count). The summed E-state index contributed by atoms with van der Waals surface area (Å²) in [5.74, 6) is -0.694. The number of amides is 1. The molecule has 3 aromatic rings. The van der Waals surface area contributed by atoms with Crippen molar-refractivity contribution in [2.75, 3.05) is 7.11 Å². The molecule has 0 spiro atoms. The molecular weight excluding hydrogens is 354 g/mol. The summed E-state index contributed by atoms with van der Waals surface area (Å²) in [7, 11) is 1.33. The summed E-state index contributed by atoms with van der Waals surface area (Å²) in [5, 5.41) is 3.97.